The van der Waals surface area contributed by atoms with Gasteiger partial charge in [-0.2, -0.15) is 0 Å². The molecule has 2 bridgehead atoms. The molecule has 2 aliphatic heterocycles. The number of rotatable bonds is 6. The highest BCUT2D eigenvalue weighted by molar-refractivity contribution is 5.85. The van der Waals surface area contributed by atoms with E-state index >= 15 is 0 Å². The first kappa shape index (κ1) is 20.5. The second kappa shape index (κ2) is 9.80. The van der Waals surface area contributed by atoms with Crippen molar-refractivity contribution >= 4 is 18.3 Å². The van der Waals surface area contributed by atoms with Crippen LogP contribution < -0.4 is 14.8 Å². The van der Waals surface area contributed by atoms with E-state index in [1.165, 1.54) is 0 Å². The van der Waals surface area contributed by atoms with E-state index in [4.69, 9.17) is 9.47 Å². The first-order chi connectivity index (χ1) is 13.3. The van der Waals surface area contributed by atoms with Gasteiger partial charge in [-0.15, -0.1) is 12.4 Å². The largest absolute Gasteiger partial charge is 0.489 e. The van der Waals surface area contributed by atoms with Crippen molar-refractivity contribution in [2.75, 3.05) is 19.7 Å². The molecule has 4 rings (SSSR count). The minimum Gasteiger partial charge on any atom is -0.489 e. The van der Waals surface area contributed by atoms with E-state index < -0.39 is 0 Å². The normalized spacial score (nSPS) is 20.8. The summed E-state index contributed by atoms with van der Waals surface area (Å²) in [7, 11) is 0. The molecule has 2 unspecified atom stereocenters. The summed E-state index contributed by atoms with van der Waals surface area (Å²) < 4.78 is 11.5. The number of benzene rings is 2. The first-order valence-corrected chi connectivity index (χ1v) is 9.71. The highest BCUT2D eigenvalue weighted by Crippen LogP contribution is 2.28. The van der Waals surface area contributed by atoms with E-state index in [1.54, 1.807) is 0 Å². The highest BCUT2D eigenvalue weighted by atomic mass is 35.5. The van der Waals surface area contributed by atoms with Gasteiger partial charge in [0.05, 0.1) is 0 Å². The maximum atomic E-state index is 12.7. The Morgan fingerprint density at radius 3 is 2.36 bits per heavy atom. The van der Waals surface area contributed by atoms with Gasteiger partial charge in [-0.3, -0.25) is 4.79 Å². The van der Waals surface area contributed by atoms with Gasteiger partial charge in [0, 0.05) is 18.6 Å². The Bertz CT molecular complexity index is 740. The van der Waals surface area contributed by atoms with Gasteiger partial charge in [0.25, 0.3) is 5.91 Å². The topological polar surface area (TPSA) is 50.8 Å². The van der Waals surface area contributed by atoms with Crippen molar-refractivity contribution in [2.45, 2.75) is 38.0 Å². The lowest BCUT2D eigenvalue weighted by Gasteiger charge is -2.27. The van der Waals surface area contributed by atoms with E-state index in [2.05, 4.69) is 10.2 Å². The fourth-order valence-electron chi connectivity index (χ4n) is 3.98. The second-order valence-electron chi connectivity index (χ2n) is 7.21. The molecule has 0 saturated carbocycles. The average molecular weight is 403 g/mol. The number of nitrogens with one attached hydrogen (secondary N) is 1. The standard InChI is InChI=1S/C22H26N2O3.ClH/c25-22(24-18-6-7-19(24)14-23-13-12-18)16-27-21-10-8-20(9-11-21)26-15-17-4-2-1-3-5-17;/h1-5,8-11,18-19,23H,6-7,12-16H2;1H. The molecule has 2 fully saturated rings. The Morgan fingerprint density at radius 2 is 1.61 bits per heavy atom. The van der Waals surface area contributed by atoms with Crippen molar-refractivity contribution in [3.8, 4) is 11.5 Å². The second-order valence-corrected chi connectivity index (χ2v) is 7.21. The Hall–Kier alpha value is -2.24. The number of nitrogens with zero attached hydrogens (tertiary/aromatic N) is 1. The minimum atomic E-state index is 0. The van der Waals surface area contributed by atoms with Gasteiger partial charge >= 0.3 is 0 Å². The van der Waals surface area contributed by atoms with Crippen molar-refractivity contribution in [3.63, 3.8) is 0 Å². The molecule has 150 valence electrons. The Morgan fingerprint density at radius 1 is 0.929 bits per heavy atom. The molecule has 0 aromatic heterocycles. The van der Waals surface area contributed by atoms with Crippen molar-refractivity contribution in [1.82, 2.24) is 10.2 Å². The Balaban J connectivity index is 0.00000225. The molecular weight excluding hydrogens is 376 g/mol. The third kappa shape index (κ3) is 4.97. The summed E-state index contributed by atoms with van der Waals surface area (Å²) in [5, 5.41) is 3.42. The quantitative estimate of drug-likeness (QED) is 0.804. The number of carbonyl (C=O) groups excluding carboxylic acids is 1. The Labute approximate surface area is 172 Å². The van der Waals surface area contributed by atoms with Crippen LogP contribution in [0.5, 0.6) is 11.5 Å². The van der Waals surface area contributed by atoms with Gasteiger partial charge in [-0.1, -0.05) is 30.3 Å². The Kier molecular flexibility index (Phi) is 7.18. The number of ether oxygens (including phenoxy) is 2. The van der Waals surface area contributed by atoms with Crippen LogP contribution in [0.1, 0.15) is 24.8 Å². The number of amides is 1. The van der Waals surface area contributed by atoms with Crippen LogP contribution in [0.15, 0.2) is 54.6 Å². The summed E-state index contributed by atoms with van der Waals surface area (Å²) in [6.07, 6.45) is 3.25. The van der Waals surface area contributed by atoms with Gasteiger partial charge in [0.2, 0.25) is 0 Å². The average Bonchev–Trinajstić information content (AvgIpc) is 2.98. The zero-order valence-corrected chi connectivity index (χ0v) is 16.7. The molecule has 28 heavy (non-hydrogen) atoms. The molecule has 2 aromatic carbocycles. The van der Waals surface area contributed by atoms with Gasteiger partial charge in [0.1, 0.15) is 18.1 Å². The lowest BCUT2D eigenvalue weighted by molar-refractivity contribution is -0.136. The molecule has 2 saturated heterocycles. The summed E-state index contributed by atoms with van der Waals surface area (Å²) in [5.41, 5.74) is 1.13. The summed E-state index contributed by atoms with van der Waals surface area (Å²) in [4.78, 5) is 14.7. The van der Waals surface area contributed by atoms with E-state index in [-0.39, 0.29) is 24.9 Å². The maximum Gasteiger partial charge on any atom is 0.261 e. The molecule has 2 heterocycles. The SMILES string of the molecule is Cl.O=C(COc1ccc(OCc2ccccc2)cc1)N1C2CCNCC1CC2. The molecule has 6 heteroatoms. The molecule has 1 N–H and O–H groups in total. The predicted octanol–water partition coefficient (Wildman–Crippen LogP) is 3.42. The van der Waals surface area contributed by atoms with Crippen LogP contribution in [0, 0.1) is 0 Å². The third-order valence-corrected chi connectivity index (χ3v) is 5.38. The smallest absolute Gasteiger partial charge is 0.261 e. The zero-order chi connectivity index (χ0) is 18.5. The number of hydrogen-bond acceptors (Lipinski definition) is 4. The molecule has 2 aromatic rings. The fourth-order valence-corrected chi connectivity index (χ4v) is 3.98. The molecule has 2 aliphatic rings. The van der Waals surface area contributed by atoms with Crippen molar-refractivity contribution < 1.29 is 14.3 Å². The monoisotopic (exact) mass is 402 g/mol. The van der Waals surface area contributed by atoms with Crippen molar-refractivity contribution in [1.29, 1.82) is 0 Å². The summed E-state index contributed by atoms with van der Waals surface area (Å²) in [6.45, 7) is 2.52. The van der Waals surface area contributed by atoms with Crippen LogP contribution in [-0.2, 0) is 11.4 Å². The molecule has 0 aliphatic carbocycles. The highest BCUT2D eigenvalue weighted by Gasteiger charge is 2.37. The molecule has 5 nitrogen and oxygen atoms in total. The summed E-state index contributed by atoms with van der Waals surface area (Å²) in [6, 6.07) is 18.2. The van der Waals surface area contributed by atoms with Crippen LogP contribution in [0.4, 0.5) is 0 Å². The summed E-state index contributed by atoms with van der Waals surface area (Å²) >= 11 is 0. The van der Waals surface area contributed by atoms with Crippen molar-refractivity contribution in [2.24, 2.45) is 0 Å². The van der Waals surface area contributed by atoms with E-state index in [0.29, 0.717) is 24.4 Å². The van der Waals surface area contributed by atoms with Crippen LogP contribution in [0.3, 0.4) is 0 Å². The van der Waals surface area contributed by atoms with Crippen LogP contribution >= 0.6 is 12.4 Å². The predicted molar refractivity (Wildman–Crippen MR) is 111 cm³/mol. The zero-order valence-electron chi connectivity index (χ0n) is 15.9. The van der Waals surface area contributed by atoms with Gasteiger partial charge in [-0.25, -0.2) is 0 Å². The van der Waals surface area contributed by atoms with E-state index in [9.17, 15) is 4.79 Å². The van der Waals surface area contributed by atoms with E-state index in [0.717, 1.165) is 43.7 Å². The number of halogens is 1. The molecule has 1 amide bonds. The lowest BCUT2D eigenvalue weighted by atomic mass is 10.1. The van der Waals surface area contributed by atoms with Crippen molar-refractivity contribution in [3.05, 3.63) is 60.2 Å². The van der Waals surface area contributed by atoms with Crippen LogP contribution in [0.25, 0.3) is 0 Å². The molecular formula is C22H27ClN2O3. The van der Waals surface area contributed by atoms with Crippen LogP contribution in [0.2, 0.25) is 0 Å². The number of fused-ring (bicyclic) bond motifs is 2. The maximum absolute atomic E-state index is 12.7. The number of hydrogen-bond donors (Lipinski definition) is 1. The molecule has 2 atom stereocenters. The lowest BCUT2D eigenvalue weighted by Crippen LogP contribution is -2.44. The van der Waals surface area contributed by atoms with Crippen LogP contribution in [-0.4, -0.2) is 42.6 Å². The summed E-state index contributed by atoms with van der Waals surface area (Å²) in [5.74, 6) is 1.57. The van der Waals surface area contributed by atoms with Gasteiger partial charge in [0.15, 0.2) is 6.61 Å². The molecule has 0 spiro atoms. The van der Waals surface area contributed by atoms with Gasteiger partial charge < -0.3 is 19.7 Å². The van der Waals surface area contributed by atoms with E-state index in [1.807, 2.05) is 54.6 Å². The van der Waals surface area contributed by atoms with Gasteiger partial charge in [-0.05, 0) is 55.6 Å². The number of carbonyl (C=O) groups is 1. The first-order valence-electron chi connectivity index (χ1n) is 9.71. The minimum absolute atomic E-state index is 0. The molecule has 0 radical (unpaired) electrons. The third-order valence-electron chi connectivity index (χ3n) is 5.38. The fraction of sp³-hybridized carbons (Fsp3) is 0.409.